The third kappa shape index (κ3) is 3.31. The normalized spacial score (nSPS) is 23.1. The number of hydrogen-bond acceptors (Lipinski definition) is 4. The van der Waals surface area contributed by atoms with Gasteiger partial charge in [0.1, 0.15) is 11.9 Å². The molecule has 2 heterocycles. The van der Waals surface area contributed by atoms with Crippen LogP contribution in [0.4, 0.5) is 5.82 Å². The lowest BCUT2D eigenvalue weighted by Crippen LogP contribution is -2.19. The van der Waals surface area contributed by atoms with Gasteiger partial charge in [-0.25, -0.2) is 9.97 Å². The third-order valence-corrected chi connectivity index (χ3v) is 4.19. The van der Waals surface area contributed by atoms with Crippen molar-refractivity contribution in [3.63, 3.8) is 0 Å². The average molecular weight is 342 g/mol. The van der Waals surface area contributed by atoms with Crippen LogP contribution in [-0.4, -0.2) is 22.6 Å². The molecule has 1 aliphatic heterocycles. The van der Waals surface area contributed by atoms with Crippen molar-refractivity contribution in [1.29, 1.82) is 0 Å². The van der Waals surface area contributed by atoms with Crippen molar-refractivity contribution in [2.24, 2.45) is 0 Å². The standard InChI is InChI=1S/C15H24BrN3O/c1-6-17-14-11(16)12(15(3,4)5)18-13(19-14)10-8-7-9(2)20-10/h9-10H,6-8H2,1-5H3,(H,17,18,19). The molecule has 2 atom stereocenters. The lowest BCUT2D eigenvalue weighted by molar-refractivity contribution is 0.0501. The van der Waals surface area contributed by atoms with Gasteiger partial charge in [-0.3, -0.25) is 0 Å². The van der Waals surface area contributed by atoms with E-state index >= 15 is 0 Å². The lowest BCUT2D eigenvalue weighted by Gasteiger charge is -2.23. The minimum atomic E-state index is -0.0368. The van der Waals surface area contributed by atoms with Crippen molar-refractivity contribution in [3.8, 4) is 0 Å². The summed E-state index contributed by atoms with van der Waals surface area (Å²) in [6.07, 6.45) is 2.40. The van der Waals surface area contributed by atoms with Crippen LogP contribution in [0.25, 0.3) is 0 Å². The number of ether oxygens (including phenoxy) is 1. The summed E-state index contributed by atoms with van der Waals surface area (Å²) in [6, 6.07) is 0. The largest absolute Gasteiger partial charge is 0.369 e. The molecule has 112 valence electrons. The van der Waals surface area contributed by atoms with E-state index in [0.29, 0.717) is 6.10 Å². The molecule has 0 aromatic carbocycles. The van der Waals surface area contributed by atoms with E-state index in [9.17, 15) is 0 Å². The molecular weight excluding hydrogens is 318 g/mol. The maximum atomic E-state index is 5.92. The summed E-state index contributed by atoms with van der Waals surface area (Å²) in [5.41, 5.74) is 0.992. The van der Waals surface area contributed by atoms with Crippen LogP contribution in [0, 0.1) is 0 Å². The number of nitrogens with zero attached hydrogens (tertiary/aromatic N) is 2. The molecule has 0 bridgehead atoms. The first kappa shape index (κ1) is 15.7. The molecule has 1 saturated heterocycles. The molecule has 1 aromatic rings. The van der Waals surface area contributed by atoms with Gasteiger partial charge in [0.05, 0.1) is 16.3 Å². The Kier molecular flexibility index (Phi) is 4.69. The topological polar surface area (TPSA) is 47.0 Å². The van der Waals surface area contributed by atoms with Crippen molar-refractivity contribution in [3.05, 3.63) is 16.0 Å². The van der Waals surface area contributed by atoms with Crippen LogP contribution < -0.4 is 5.32 Å². The van der Waals surface area contributed by atoms with Gasteiger partial charge >= 0.3 is 0 Å². The molecule has 1 fully saturated rings. The maximum Gasteiger partial charge on any atom is 0.159 e. The predicted molar refractivity (Wildman–Crippen MR) is 85.1 cm³/mol. The number of nitrogens with one attached hydrogen (secondary N) is 1. The second kappa shape index (κ2) is 5.98. The maximum absolute atomic E-state index is 5.92. The molecule has 5 heteroatoms. The quantitative estimate of drug-likeness (QED) is 0.894. The van der Waals surface area contributed by atoms with E-state index < -0.39 is 0 Å². The molecule has 1 aliphatic rings. The van der Waals surface area contributed by atoms with Gasteiger partial charge in [-0.2, -0.15) is 0 Å². The second-order valence-electron chi connectivity index (χ2n) is 6.39. The number of hydrogen-bond donors (Lipinski definition) is 1. The second-order valence-corrected chi connectivity index (χ2v) is 7.18. The molecule has 0 saturated carbocycles. The Balaban J connectivity index is 2.44. The summed E-state index contributed by atoms with van der Waals surface area (Å²) in [5.74, 6) is 1.67. The molecule has 2 rings (SSSR count). The van der Waals surface area contributed by atoms with Gasteiger partial charge in [-0.05, 0) is 42.6 Å². The first-order valence-corrected chi connectivity index (χ1v) is 8.09. The van der Waals surface area contributed by atoms with Crippen molar-refractivity contribution >= 4 is 21.7 Å². The average Bonchev–Trinajstić information content (AvgIpc) is 2.77. The van der Waals surface area contributed by atoms with Gasteiger partial charge in [-0.15, -0.1) is 0 Å². The Hall–Kier alpha value is -0.680. The first-order valence-electron chi connectivity index (χ1n) is 7.30. The minimum Gasteiger partial charge on any atom is -0.369 e. The van der Waals surface area contributed by atoms with Crippen molar-refractivity contribution in [2.75, 3.05) is 11.9 Å². The smallest absolute Gasteiger partial charge is 0.159 e. The van der Waals surface area contributed by atoms with Gasteiger partial charge < -0.3 is 10.1 Å². The van der Waals surface area contributed by atoms with Gasteiger partial charge in [0, 0.05) is 12.0 Å². The Morgan fingerprint density at radius 1 is 1.30 bits per heavy atom. The summed E-state index contributed by atoms with van der Waals surface area (Å²) in [5, 5.41) is 3.31. The monoisotopic (exact) mass is 341 g/mol. The zero-order valence-electron chi connectivity index (χ0n) is 13.0. The van der Waals surface area contributed by atoms with Crippen molar-refractivity contribution < 1.29 is 4.74 Å². The molecule has 0 aliphatic carbocycles. The fourth-order valence-corrected chi connectivity index (χ4v) is 3.29. The van der Waals surface area contributed by atoms with Crippen LogP contribution in [0.3, 0.4) is 0 Å². The fourth-order valence-electron chi connectivity index (χ4n) is 2.38. The molecule has 1 aromatic heterocycles. The van der Waals surface area contributed by atoms with Crippen LogP contribution in [0.5, 0.6) is 0 Å². The van der Waals surface area contributed by atoms with E-state index in [1.807, 2.05) is 0 Å². The molecule has 0 spiro atoms. The Morgan fingerprint density at radius 3 is 2.50 bits per heavy atom. The molecule has 0 radical (unpaired) electrons. The molecule has 1 N–H and O–H groups in total. The number of anilines is 1. The first-order chi connectivity index (χ1) is 9.32. The number of aromatic nitrogens is 2. The van der Waals surface area contributed by atoms with Crippen molar-refractivity contribution in [2.45, 2.75) is 65.1 Å². The van der Waals surface area contributed by atoms with Crippen LogP contribution in [0.2, 0.25) is 0 Å². The van der Waals surface area contributed by atoms with Crippen LogP contribution in [0.1, 0.15) is 65.1 Å². The third-order valence-electron chi connectivity index (χ3n) is 3.44. The van der Waals surface area contributed by atoms with E-state index in [2.05, 4.69) is 60.8 Å². The van der Waals surface area contributed by atoms with Crippen LogP contribution in [0.15, 0.2) is 4.47 Å². The molecule has 4 nitrogen and oxygen atoms in total. The summed E-state index contributed by atoms with van der Waals surface area (Å²) in [4.78, 5) is 9.44. The fraction of sp³-hybridized carbons (Fsp3) is 0.733. The van der Waals surface area contributed by atoms with E-state index in [1.165, 1.54) is 0 Å². The van der Waals surface area contributed by atoms with E-state index in [0.717, 1.165) is 41.2 Å². The van der Waals surface area contributed by atoms with Crippen molar-refractivity contribution in [1.82, 2.24) is 9.97 Å². The zero-order chi connectivity index (χ0) is 14.9. The highest BCUT2D eigenvalue weighted by Crippen LogP contribution is 2.36. The SMILES string of the molecule is CCNc1nc(C2CCC(C)O2)nc(C(C)(C)C)c1Br. The summed E-state index contributed by atoms with van der Waals surface area (Å²) >= 11 is 3.64. The van der Waals surface area contributed by atoms with Gasteiger partial charge in [-0.1, -0.05) is 20.8 Å². The van der Waals surface area contributed by atoms with E-state index in [-0.39, 0.29) is 11.5 Å². The van der Waals surface area contributed by atoms with Gasteiger partial charge in [0.2, 0.25) is 0 Å². The summed E-state index contributed by atoms with van der Waals surface area (Å²) < 4.78 is 6.88. The minimum absolute atomic E-state index is 0.0246. The van der Waals surface area contributed by atoms with Gasteiger partial charge in [0.25, 0.3) is 0 Å². The number of rotatable bonds is 3. The predicted octanol–water partition coefficient (Wildman–Crippen LogP) is 4.21. The highest BCUT2D eigenvalue weighted by molar-refractivity contribution is 9.10. The van der Waals surface area contributed by atoms with E-state index in [4.69, 9.17) is 9.72 Å². The summed E-state index contributed by atoms with van der Waals surface area (Å²) in [6.45, 7) is 11.5. The molecule has 20 heavy (non-hydrogen) atoms. The highest BCUT2D eigenvalue weighted by atomic mass is 79.9. The Bertz CT molecular complexity index is 485. The lowest BCUT2D eigenvalue weighted by atomic mass is 9.91. The highest BCUT2D eigenvalue weighted by Gasteiger charge is 2.29. The molecule has 0 amide bonds. The van der Waals surface area contributed by atoms with E-state index in [1.54, 1.807) is 0 Å². The molecule has 2 unspecified atom stereocenters. The molecular formula is C15H24BrN3O. The number of halogens is 1. The van der Waals surface area contributed by atoms with Crippen LogP contribution in [-0.2, 0) is 10.2 Å². The van der Waals surface area contributed by atoms with Crippen LogP contribution >= 0.6 is 15.9 Å². The Morgan fingerprint density at radius 2 is 2.00 bits per heavy atom. The zero-order valence-corrected chi connectivity index (χ0v) is 14.5. The summed E-state index contributed by atoms with van der Waals surface area (Å²) in [7, 11) is 0. The van der Waals surface area contributed by atoms with Gasteiger partial charge in [0.15, 0.2) is 5.82 Å². The Labute approximate surface area is 129 Å².